The van der Waals surface area contributed by atoms with Gasteiger partial charge in [-0.25, -0.2) is 9.59 Å². The smallest absolute Gasteiger partial charge is 0.328 e. The van der Waals surface area contributed by atoms with E-state index in [4.69, 9.17) is 15.9 Å². The first-order valence-electron chi connectivity index (χ1n) is 11.3. The van der Waals surface area contributed by atoms with E-state index in [0.29, 0.717) is 16.2 Å². The fraction of sp³-hybridized carbons (Fsp3) is 0.111. The minimum absolute atomic E-state index is 0.103. The molecule has 38 heavy (non-hydrogen) atoms. The van der Waals surface area contributed by atoms with Crippen LogP contribution < -0.4 is 16.5 Å². The molecule has 0 radical (unpaired) electrons. The molecule has 11 nitrogen and oxygen atoms in total. The van der Waals surface area contributed by atoms with Crippen LogP contribution in [-0.4, -0.2) is 44.9 Å². The highest BCUT2D eigenvalue weighted by Crippen LogP contribution is 2.17. The third kappa shape index (κ3) is 11.0. The zero-order chi connectivity index (χ0) is 27.9. The van der Waals surface area contributed by atoms with E-state index < -0.39 is 29.8 Å². The lowest BCUT2D eigenvalue weighted by Gasteiger charge is -2.11. The van der Waals surface area contributed by atoms with Gasteiger partial charge < -0.3 is 21.3 Å². The Bertz CT molecular complexity index is 1280. The minimum Gasteiger partial charge on any atom is -0.480 e. The number of carbonyl (C=O) groups excluding carboxylic acids is 2. The summed E-state index contributed by atoms with van der Waals surface area (Å²) in [7, 11) is 0. The van der Waals surface area contributed by atoms with Crippen molar-refractivity contribution in [2.45, 2.75) is 18.9 Å². The molecule has 2 amide bonds. The summed E-state index contributed by atoms with van der Waals surface area (Å²) < 4.78 is 0. The van der Waals surface area contributed by atoms with Crippen LogP contribution in [0.2, 0.25) is 0 Å². The van der Waals surface area contributed by atoms with E-state index in [1.807, 2.05) is 0 Å². The highest BCUT2D eigenvalue weighted by Gasteiger charge is 2.19. The van der Waals surface area contributed by atoms with Crippen molar-refractivity contribution >= 4 is 47.3 Å². The predicted octanol–water partition coefficient (Wildman–Crippen LogP) is 3.18. The molecule has 0 bridgehead atoms. The first-order chi connectivity index (χ1) is 18.1. The summed E-state index contributed by atoms with van der Waals surface area (Å²) >= 11 is 0. The predicted molar refractivity (Wildman–Crippen MR) is 142 cm³/mol. The van der Waals surface area contributed by atoms with E-state index in [1.165, 1.54) is 12.2 Å². The summed E-state index contributed by atoms with van der Waals surface area (Å²) in [5.74, 6) is -3.58. The molecule has 6 N–H and O–H groups in total. The molecule has 1 atom stereocenters. The van der Waals surface area contributed by atoms with Crippen molar-refractivity contribution in [2.75, 3.05) is 5.43 Å². The number of carboxylic acids is 2. The molecule has 196 valence electrons. The number of anilines is 1. The SMILES string of the molecule is NC(=O)CCC(NC(=O)C=CC=Cc1ccc([N+](=O)Nc2ccc(C=CC=CC(=O)O)cc2)cc1)C(=O)O. The molecular weight excluding hydrogens is 492 g/mol. The number of hydrogen-bond acceptors (Lipinski definition) is 5. The second-order valence-corrected chi connectivity index (χ2v) is 7.80. The van der Waals surface area contributed by atoms with Crippen LogP contribution in [0.1, 0.15) is 24.0 Å². The van der Waals surface area contributed by atoms with Crippen LogP contribution in [0.4, 0.5) is 11.4 Å². The lowest BCUT2D eigenvalue weighted by atomic mass is 10.1. The molecule has 0 aliphatic rings. The summed E-state index contributed by atoms with van der Waals surface area (Å²) in [6.07, 6.45) is 11.3. The van der Waals surface area contributed by atoms with Crippen LogP contribution in [-0.2, 0) is 19.2 Å². The van der Waals surface area contributed by atoms with Gasteiger partial charge in [-0.15, -0.1) is 5.43 Å². The molecule has 2 rings (SSSR count). The molecule has 11 heteroatoms. The molecule has 0 fully saturated rings. The average molecular weight is 520 g/mol. The monoisotopic (exact) mass is 519 g/mol. The molecule has 0 aliphatic carbocycles. The molecule has 1 unspecified atom stereocenters. The van der Waals surface area contributed by atoms with Crippen LogP contribution in [0, 0.1) is 4.91 Å². The fourth-order valence-corrected chi connectivity index (χ4v) is 2.95. The van der Waals surface area contributed by atoms with Gasteiger partial charge in [0.1, 0.15) is 11.7 Å². The Morgan fingerprint density at radius 1 is 0.842 bits per heavy atom. The number of hydrazine groups is 1. The quantitative estimate of drug-likeness (QED) is 0.109. The van der Waals surface area contributed by atoms with E-state index in [1.54, 1.807) is 72.8 Å². The van der Waals surface area contributed by atoms with Crippen molar-refractivity contribution in [1.29, 1.82) is 0 Å². The number of carboxylic acid groups (broad SMARTS) is 2. The van der Waals surface area contributed by atoms with Gasteiger partial charge in [0.05, 0.1) is 4.91 Å². The van der Waals surface area contributed by atoms with Gasteiger partial charge >= 0.3 is 11.9 Å². The van der Waals surface area contributed by atoms with Crippen molar-refractivity contribution in [3.05, 3.63) is 101 Å². The fourth-order valence-electron chi connectivity index (χ4n) is 2.95. The van der Waals surface area contributed by atoms with Crippen LogP contribution in [0.25, 0.3) is 12.2 Å². The van der Waals surface area contributed by atoms with Crippen molar-refractivity contribution < 1.29 is 34.3 Å². The number of carbonyl (C=O) groups is 4. The van der Waals surface area contributed by atoms with E-state index in [2.05, 4.69) is 10.7 Å². The van der Waals surface area contributed by atoms with E-state index in [9.17, 15) is 24.1 Å². The lowest BCUT2D eigenvalue weighted by molar-refractivity contribution is -0.427. The molecule has 0 saturated carbocycles. The summed E-state index contributed by atoms with van der Waals surface area (Å²) in [6.45, 7) is 0. The number of primary amides is 1. The molecule has 0 aliphatic heterocycles. The number of nitrogens with two attached hydrogens (primary N) is 1. The second-order valence-electron chi connectivity index (χ2n) is 7.80. The number of aliphatic carboxylic acids is 2. The van der Waals surface area contributed by atoms with Gasteiger partial charge in [0.15, 0.2) is 4.87 Å². The maximum absolute atomic E-state index is 12.4. The first kappa shape index (κ1) is 28.9. The number of allylic oxidation sites excluding steroid dienone is 4. The molecule has 0 spiro atoms. The average Bonchev–Trinajstić information content (AvgIpc) is 2.88. The van der Waals surface area contributed by atoms with Crippen molar-refractivity contribution in [3.63, 3.8) is 0 Å². The number of nitroso groups, excluding NO2 is 1. The number of nitrogens with one attached hydrogen (secondary N) is 2. The van der Waals surface area contributed by atoms with Crippen molar-refractivity contribution in [3.8, 4) is 0 Å². The number of hydrogen-bond donors (Lipinski definition) is 5. The normalized spacial score (nSPS) is 12.2. The molecule has 0 aromatic heterocycles. The number of amides is 2. The Morgan fingerprint density at radius 3 is 1.92 bits per heavy atom. The Labute approximate surface area is 218 Å². The van der Waals surface area contributed by atoms with E-state index in [-0.39, 0.29) is 12.8 Å². The van der Waals surface area contributed by atoms with Gasteiger partial charge in [0.2, 0.25) is 11.8 Å². The maximum Gasteiger partial charge on any atom is 0.328 e. The van der Waals surface area contributed by atoms with Gasteiger partial charge in [-0.3, -0.25) is 9.59 Å². The topological polar surface area (TPSA) is 179 Å². The van der Waals surface area contributed by atoms with Gasteiger partial charge in [-0.05, 0) is 41.8 Å². The van der Waals surface area contributed by atoms with Crippen LogP contribution in [0.5, 0.6) is 0 Å². The molecule has 2 aromatic carbocycles. The zero-order valence-corrected chi connectivity index (χ0v) is 20.2. The Morgan fingerprint density at radius 2 is 1.39 bits per heavy atom. The lowest BCUT2D eigenvalue weighted by Crippen LogP contribution is -2.40. The van der Waals surface area contributed by atoms with E-state index in [0.717, 1.165) is 23.3 Å². The standard InChI is InChI=1S/C27H26N4O7/c28-24(32)18-17-23(27(36)37)29-25(33)7-3-1-5-20-11-15-22(16-12-20)31(38)30-21-13-9-19(10-14-21)6-2-4-8-26(34)35/h1-16,23H,17-18H2,(H5-,28,29,30,32,33,34,35,36,37,38)/p+1. The minimum atomic E-state index is -1.26. The van der Waals surface area contributed by atoms with Crippen molar-refractivity contribution in [1.82, 2.24) is 5.32 Å². The van der Waals surface area contributed by atoms with Crippen LogP contribution in [0.15, 0.2) is 85.0 Å². The zero-order valence-electron chi connectivity index (χ0n) is 20.2. The van der Waals surface area contributed by atoms with Crippen LogP contribution >= 0.6 is 0 Å². The highest BCUT2D eigenvalue weighted by atomic mass is 16.4. The second kappa shape index (κ2) is 14.9. The Hall–Kier alpha value is -5.32. The van der Waals surface area contributed by atoms with Gasteiger partial charge in [0, 0.05) is 30.7 Å². The first-order valence-corrected chi connectivity index (χ1v) is 11.3. The van der Waals surface area contributed by atoms with Gasteiger partial charge in [-0.2, -0.15) is 0 Å². The Balaban J connectivity index is 1.87. The van der Waals surface area contributed by atoms with Crippen LogP contribution in [0.3, 0.4) is 0 Å². The highest BCUT2D eigenvalue weighted by molar-refractivity contribution is 5.91. The maximum atomic E-state index is 12.4. The molecule has 0 heterocycles. The number of benzene rings is 2. The number of nitrogens with zero attached hydrogens (tertiary/aromatic N) is 1. The summed E-state index contributed by atoms with van der Waals surface area (Å²) in [6, 6.07) is 12.4. The van der Waals surface area contributed by atoms with Gasteiger partial charge in [-0.1, -0.05) is 48.6 Å². The summed E-state index contributed by atoms with van der Waals surface area (Å²) in [5.41, 5.74) is 10.2. The molecule has 2 aromatic rings. The third-order valence-electron chi connectivity index (χ3n) is 4.85. The molecular formula is C27H27N4O7+. The summed E-state index contributed by atoms with van der Waals surface area (Å²) in [5, 5.41) is 20.0. The van der Waals surface area contributed by atoms with Crippen molar-refractivity contribution in [2.24, 2.45) is 5.73 Å². The summed E-state index contributed by atoms with van der Waals surface area (Å²) in [4.78, 5) is 57.4. The Kier molecular flexibility index (Phi) is 11.4. The molecule has 0 saturated heterocycles. The number of rotatable bonds is 14. The van der Waals surface area contributed by atoms with Gasteiger partial charge in [0.25, 0.3) is 5.69 Å². The third-order valence-corrected chi connectivity index (χ3v) is 4.85. The largest absolute Gasteiger partial charge is 0.480 e. The van der Waals surface area contributed by atoms with E-state index >= 15 is 0 Å².